The highest BCUT2D eigenvalue weighted by molar-refractivity contribution is 6.34. The van der Waals surface area contributed by atoms with E-state index in [-0.39, 0.29) is 23.7 Å². The van der Waals surface area contributed by atoms with Gasteiger partial charge in [0, 0.05) is 13.3 Å². The molecule has 1 aromatic heterocycles. The second kappa shape index (κ2) is 5.93. The molecule has 1 rings (SSSR count). The number of carbonyl (C=O) groups excluding carboxylic acids is 2. The van der Waals surface area contributed by atoms with Gasteiger partial charge in [-0.2, -0.15) is 0 Å². The number of hydrogen-bond donors (Lipinski definition) is 0. The fraction of sp³-hybridized carbons (Fsp3) is 0.300. The van der Waals surface area contributed by atoms with Gasteiger partial charge in [0.05, 0.1) is 12.2 Å². The first-order chi connectivity index (χ1) is 7.91. The van der Waals surface area contributed by atoms with Crippen LogP contribution in [0.1, 0.15) is 23.7 Å². The second-order valence-corrected chi connectivity index (χ2v) is 3.83. The molecule has 0 unspecified atom stereocenters. The lowest BCUT2D eigenvalue weighted by Gasteiger charge is -2.04. The topological polar surface area (TPSA) is 56.3 Å². The minimum absolute atomic E-state index is 0.0827. The standard InChI is InChI=1S/C10H8Cl2FNO3/c1-5(15)17-3-2-8(16)6-4-7(13)10(12)14-9(6)11/h4H,2-3H2,1H3. The molecular weight excluding hydrogens is 272 g/mol. The van der Waals surface area contributed by atoms with Crippen molar-refractivity contribution in [2.75, 3.05) is 6.61 Å². The summed E-state index contributed by atoms with van der Waals surface area (Å²) in [4.78, 5) is 25.5. The zero-order valence-corrected chi connectivity index (χ0v) is 10.3. The monoisotopic (exact) mass is 279 g/mol. The van der Waals surface area contributed by atoms with E-state index in [1.807, 2.05) is 0 Å². The van der Waals surface area contributed by atoms with Crippen molar-refractivity contribution in [1.29, 1.82) is 0 Å². The van der Waals surface area contributed by atoms with Crippen molar-refractivity contribution < 1.29 is 18.7 Å². The third-order valence-corrected chi connectivity index (χ3v) is 2.37. The van der Waals surface area contributed by atoms with Crippen LogP contribution in [0.2, 0.25) is 10.3 Å². The Morgan fingerprint density at radius 2 is 2.06 bits per heavy atom. The van der Waals surface area contributed by atoms with Gasteiger partial charge in [0.2, 0.25) is 0 Å². The molecule has 0 aromatic carbocycles. The zero-order valence-electron chi connectivity index (χ0n) is 8.80. The van der Waals surface area contributed by atoms with Gasteiger partial charge >= 0.3 is 5.97 Å². The number of aromatic nitrogens is 1. The van der Waals surface area contributed by atoms with Crippen LogP contribution in [0, 0.1) is 5.82 Å². The lowest BCUT2D eigenvalue weighted by molar-refractivity contribution is -0.140. The Hall–Kier alpha value is -1.20. The molecule has 1 aromatic rings. The van der Waals surface area contributed by atoms with Crippen LogP contribution in [-0.4, -0.2) is 23.3 Å². The summed E-state index contributed by atoms with van der Waals surface area (Å²) in [6.07, 6.45) is -0.0952. The van der Waals surface area contributed by atoms with E-state index in [0.29, 0.717) is 0 Å². The summed E-state index contributed by atoms with van der Waals surface area (Å²) in [5.74, 6) is -1.80. The highest BCUT2D eigenvalue weighted by Crippen LogP contribution is 2.21. The molecule has 0 amide bonds. The van der Waals surface area contributed by atoms with Gasteiger partial charge in [-0.15, -0.1) is 0 Å². The molecule has 17 heavy (non-hydrogen) atoms. The lowest BCUT2D eigenvalue weighted by Crippen LogP contribution is -2.09. The molecule has 0 atom stereocenters. The molecule has 0 aliphatic carbocycles. The van der Waals surface area contributed by atoms with E-state index in [0.717, 1.165) is 6.07 Å². The Labute approximate surface area is 107 Å². The van der Waals surface area contributed by atoms with Crippen molar-refractivity contribution in [1.82, 2.24) is 4.98 Å². The average Bonchev–Trinajstić information content (AvgIpc) is 2.22. The van der Waals surface area contributed by atoms with Gasteiger partial charge in [0.15, 0.2) is 16.8 Å². The van der Waals surface area contributed by atoms with E-state index in [2.05, 4.69) is 9.72 Å². The summed E-state index contributed by atoms with van der Waals surface area (Å²) < 4.78 is 17.7. The molecule has 92 valence electrons. The number of pyridine rings is 1. The molecule has 0 bridgehead atoms. The summed E-state index contributed by atoms with van der Waals surface area (Å²) in [7, 11) is 0. The summed E-state index contributed by atoms with van der Waals surface area (Å²) >= 11 is 11.0. The maximum atomic E-state index is 13.1. The van der Waals surface area contributed by atoms with E-state index in [1.165, 1.54) is 6.92 Å². The molecule has 0 spiro atoms. The fourth-order valence-electron chi connectivity index (χ4n) is 1.06. The minimum atomic E-state index is -0.827. The van der Waals surface area contributed by atoms with Gasteiger partial charge in [-0.1, -0.05) is 23.2 Å². The van der Waals surface area contributed by atoms with Crippen molar-refractivity contribution >= 4 is 35.0 Å². The number of ether oxygens (including phenoxy) is 1. The van der Waals surface area contributed by atoms with Gasteiger partial charge in [-0.3, -0.25) is 9.59 Å². The number of ketones is 1. The summed E-state index contributed by atoms with van der Waals surface area (Å²) in [5, 5.41) is -0.573. The Bertz CT molecular complexity index is 465. The van der Waals surface area contributed by atoms with Crippen LogP contribution in [0.4, 0.5) is 4.39 Å². The summed E-state index contributed by atoms with van der Waals surface area (Å²) in [6.45, 7) is 1.13. The summed E-state index contributed by atoms with van der Waals surface area (Å²) in [5.41, 5.74) is -0.0827. The average molecular weight is 280 g/mol. The molecule has 0 aliphatic heterocycles. The number of rotatable bonds is 4. The number of esters is 1. The van der Waals surface area contributed by atoms with Gasteiger partial charge in [-0.25, -0.2) is 9.37 Å². The number of nitrogens with zero attached hydrogens (tertiary/aromatic N) is 1. The highest BCUT2D eigenvalue weighted by Gasteiger charge is 2.15. The summed E-state index contributed by atoms with van der Waals surface area (Å²) in [6, 6.07) is 0.910. The van der Waals surface area contributed by atoms with Gasteiger partial charge in [0.1, 0.15) is 5.15 Å². The Kier molecular flexibility index (Phi) is 4.84. The van der Waals surface area contributed by atoms with E-state index in [4.69, 9.17) is 23.2 Å². The molecule has 0 N–H and O–H groups in total. The quantitative estimate of drug-likeness (QED) is 0.483. The molecular formula is C10H8Cl2FNO3. The van der Waals surface area contributed by atoms with Crippen molar-refractivity contribution in [2.45, 2.75) is 13.3 Å². The minimum Gasteiger partial charge on any atom is -0.465 e. The largest absolute Gasteiger partial charge is 0.465 e. The Morgan fingerprint density at radius 1 is 1.41 bits per heavy atom. The van der Waals surface area contributed by atoms with Crippen LogP contribution in [-0.2, 0) is 9.53 Å². The molecule has 0 fully saturated rings. The van der Waals surface area contributed by atoms with Crippen molar-refractivity contribution in [3.63, 3.8) is 0 Å². The van der Waals surface area contributed by atoms with Crippen LogP contribution in [0.5, 0.6) is 0 Å². The Morgan fingerprint density at radius 3 is 2.65 bits per heavy atom. The van der Waals surface area contributed by atoms with Crippen LogP contribution < -0.4 is 0 Å². The smallest absolute Gasteiger partial charge is 0.302 e. The number of hydrogen-bond acceptors (Lipinski definition) is 4. The molecule has 0 aliphatic rings. The van der Waals surface area contributed by atoms with Gasteiger partial charge in [-0.05, 0) is 6.07 Å². The normalized spacial score (nSPS) is 10.1. The molecule has 4 nitrogen and oxygen atoms in total. The maximum absolute atomic E-state index is 13.1. The van der Waals surface area contributed by atoms with E-state index in [9.17, 15) is 14.0 Å². The van der Waals surface area contributed by atoms with Gasteiger partial charge in [0.25, 0.3) is 0 Å². The number of carbonyl (C=O) groups is 2. The highest BCUT2D eigenvalue weighted by atomic mass is 35.5. The van der Waals surface area contributed by atoms with Crippen LogP contribution >= 0.6 is 23.2 Å². The first-order valence-electron chi connectivity index (χ1n) is 4.60. The van der Waals surface area contributed by atoms with Crippen LogP contribution in [0.15, 0.2) is 6.07 Å². The van der Waals surface area contributed by atoms with Crippen molar-refractivity contribution in [3.05, 3.63) is 27.8 Å². The zero-order chi connectivity index (χ0) is 13.0. The first kappa shape index (κ1) is 13.9. The SMILES string of the molecule is CC(=O)OCCC(=O)c1cc(F)c(Cl)nc1Cl. The maximum Gasteiger partial charge on any atom is 0.302 e. The predicted octanol–water partition coefficient (Wildman–Crippen LogP) is 2.66. The molecule has 0 radical (unpaired) electrons. The van der Waals surface area contributed by atoms with E-state index in [1.54, 1.807) is 0 Å². The lowest BCUT2D eigenvalue weighted by atomic mass is 10.1. The van der Waals surface area contributed by atoms with Crippen molar-refractivity contribution in [2.24, 2.45) is 0 Å². The van der Waals surface area contributed by atoms with Gasteiger partial charge < -0.3 is 4.74 Å². The number of halogens is 3. The van der Waals surface area contributed by atoms with E-state index >= 15 is 0 Å². The molecule has 7 heteroatoms. The van der Waals surface area contributed by atoms with Crippen LogP contribution in [0.25, 0.3) is 0 Å². The second-order valence-electron chi connectivity index (χ2n) is 3.11. The predicted molar refractivity (Wildman–Crippen MR) is 59.8 cm³/mol. The third kappa shape index (κ3) is 3.94. The molecule has 0 saturated carbocycles. The molecule has 0 saturated heterocycles. The first-order valence-corrected chi connectivity index (χ1v) is 5.35. The Balaban J connectivity index is 2.75. The third-order valence-electron chi connectivity index (χ3n) is 1.82. The molecule has 1 heterocycles. The van der Waals surface area contributed by atoms with Crippen LogP contribution in [0.3, 0.4) is 0 Å². The van der Waals surface area contributed by atoms with Crippen molar-refractivity contribution in [3.8, 4) is 0 Å². The number of Topliss-reactive ketones (excluding diaryl/α,β-unsaturated/α-hetero) is 1. The van der Waals surface area contributed by atoms with E-state index < -0.39 is 22.7 Å². The fourth-order valence-corrected chi connectivity index (χ4v) is 1.49.